The second-order valence-corrected chi connectivity index (χ2v) is 5.19. The molecule has 1 aliphatic rings. The minimum absolute atomic E-state index is 0.234. The average Bonchev–Trinajstić information content (AvgIpc) is 2.36. The van der Waals surface area contributed by atoms with Crippen LogP contribution in [-0.2, 0) is 0 Å². The van der Waals surface area contributed by atoms with E-state index < -0.39 is 5.91 Å². The Hall–Kier alpha value is -1.82. The molecule has 0 radical (unpaired) electrons. The van der Waals surface area contributed by atoms with Gasteiger partial charge in [0, 0.05) is 18.6 Å². The van der Waals surface area contributed by atoms with E-state index in [2.05, 4.69) is 29.2 Å². The zero-order valence-corrected chi connectivity index (χ0v) is 11.4. The number of rotatable bonds is 3. The summed E-state index contributed by atoms with van der Waals surface area (Å²) in [4.78, 5) is 17.7. The second kappa shape index (κ2) is 5.44. The fraction of sp³-hybridized carbons (Fsp3) is 0.538. The van der Waals surface area contributed by atoms with Crippen molar-refractivity contribution in [2.24, 2.45) is 5.73 Å². The van der Waals surface area contributed by atoms with Gasteiger partial charge in [0.25, 0.3) is 5.91 Å². The van der Waals surface area contributed by atoms with Crippen molar-refractivity contribution in [2.45, 2.75) is 31.8 Å². The molecule has 2 heterocycles. The standard InChI is InChI=1S/C13H21N5O/c1-8-7-9(5-6-18(8)2)16-13-10(14)3-4-11(17-13)12(15)19/h3-4,8-9H,5-7,14H2,1-2H3,(H2,15,19)(H,16,17). The molecular weight excluding hydrogens is 242 g/mol. The number of nitrogens with one attached hydrogen (secondary N) is 1. The molecule has 0 saturated carbocycles. The van der Waals surface area contributed by atoms with Gasteiger partial charge in [-0.1, -0.05) is 0 Å². The molecule has 1 saturated heterocycles. The van der Waals surface area contributed by atoms with E-state index in [-0.39, 0.29) is 5.69 Å². The van der Waals surface area contributed by atoms with Gasteiger partial charge in [0.1, 0.15) is 11.5 Å². The Bertz CT molecular complexity index is 476. The molecule has 5 N–H and O–H groups in total. The van der Waals surface area contributed by atoms with Gasteiger partial charge in [-0.3, -0.25) is 4.79 Å². The smallest absolute Gasteiger partial charge is 0.267 e. The van der Waals surface area contributed by atoms with Crippen molar-refractivity contribution in [1.29, 1.82) is 0 Å². The highest BCUT2D eigenvalue weighted by Gasteiger charge is 2.23. The van der Waals surface area contributed by atoms with E-state index >= 15 is 0 Å². The van der Waals surface area contributed by atoms with Gasteiger partial charge in [-0.05, 0) is 38.9 Å². The molecule has 104 valence electrons. The van der Waals surface area contributed by atoms with Crippen LogP contribution in [0.3, 0.4) is 0 Å². The summed E-state index contributed by atoms with van der Waals surface area (Å²) in [6, 6.07) is 4.05. The van der Waals surface area contributed by atoms with Gasteiger partial charge in [-0.2, -0.15) is 0 Å². The number of nitrogens with two attached hydrogens (primary N) is 2. The van der Waals surface area contributed by atoms with Crippen LogP contribution >= 0.6 is 0 Å². The van der Waals surface area contributed by atoms with Crippen LogP contribution in [0.2, 0.25) is 0 Å². The Labute approximate surface area is 113 Å². The molecule has 1 fully saturated rings. The van der Waals surface area contributed by atoms with E-state index in [1.165, 1.54) is 0 Å². The van der Waals surface area contributed by atoms with Gasteiger partial charge in [0.05, 0.1) is 5.69 Å². The van der Waals surface area contributed by atoms with Crippen LogP contribution in [0, 0.1) is 0 Å². The second-order valence-electron chi connectivity index (χ2n) is 5.19. The van der Waals surface area contributed by atoms with E-state index in [0.717, 1.165) is 19.4 Å². The number of piperidine rings is 1. The topological polar surface area (TPSA) is 97.3 Å². The Morgan fingerprint density at radius 3 is 2.89 bits per heavy atom. The number of carbonyl (C=O) groups excluding carboxylic acids is 1. The minimum atomic E-state index is -0.542. The van der Waals surface area contributed by atoms with Crippen molar-refractivity contribution in [2.75, 3.05) is 24.6 Å². The number of likely N-dealkylation sites (tertiary alicyclic amines) is 1. The van der Waals surface area contributed by atoms with E-state index in [1.54, 1.807) is 12.1 Å². The lowest BCUT2D eigenvalue weighted by molar-refractivity contribution is 0.0995. The van der Waals surface area contributed by atoms with Crippen LogP contribution in [0.1, 0.15) is 30.3 Å². The van der Waals surface area contributed by atoms with Gasteiger partial charge in [0.15, 0.2) is 0 Å². The van der Waals surface area contributed by atoms with Crippen molar-refractivity contribution in [1.82, 2.24) is 9.88 Å². The molecule has 0 spiro atoms. The summed E-state index contributed by atoms with van der Waals surface area (Å²) in [5, 5.41) is 3.32. The molecule has 0 bridgehead atoms. The third kappa shape index (κ3) is 3.14. The summed E-state index contributed by atoms with van der Waals surface area (Å²) in [5.74, 6) is 0.0119. The number of hydrogen-bond donors (Lipinski definition) is 3. The maximum atomic E-state index is 11.1. The molecule has 6 heteroatoms. The molecule has 1 aliphatic heterocycles. The molecule has 2 unspecified atom stereocenters. The van der Waals surface area contributed by atoms with Crippen molar-refractivity contribution in [3.05, 3.63) is 17.8 Å². The minimum Gasteiger partial charge on any atom is -0.396 e. The Balaban J connectivity index is 2.10. The van der Waals surface area contributed by atoms with Gasteiger partial charge < -0.3 is 21.7 Å². The molecule has 1 aromatic heterocycles. The zero-order chi connectivity index (χ0) is 14.0. The molecule has 2 atom stereocenters. The molecular formula is C13H21N5O. The Morgan fingerprint density at radius 1 is 1.53 bits per heavy atom. The van der Waals surface area contributed by atoms with Crippen LogP contribution in [0.5, 0.6) is 0 Å². The highest BCUT2D eigenvalue weighted by atomic mass is 16.1. The molecule has 6 nitrogen and oxygen atoms in total. The Kier molecular flexibility index (Phi) is 3.90. The lowest BCUT2D eigenvalue weighted by Crippen LogP contribution is -2.42. The fourth-order valence-electron chi connectivity index (χ4n) is 2.34. The number of nitrogens with zero attached hydrogens (tertiary/aromatic N) is 2. The average molecular weight is 263 g/mol. The summed E-state index contributed by atoms with van der Waals surface area (Å²) in [6.45, 7) is 3.23. The van der Waals surface area contributed by atoms with Gasteiger partial charge in [0.2, 0.25) is 0 Å². The first-order valence-electron chi connectivity index (χ1n) is 6.50. The van der Waals surface area contributed by atoms with E-state index in [1.807, 2.05) is 0 Å². The molecule has 0 aromatic carbocycles. The fourth-order valence-corrected chi connectivity index (χ4v) is 2.34. The maximum Gasteiger partial charge on any atom is 0.267 e. The molecule has 0 aliphatic carbocycles. The summed E-state index contributed by atoms with van der Waals surface area (Å²) in [7, 11) is 2.13. The molecule has 2 rings (SSSR count). The van der Waals surface area contributed by atoms with Gasteiger partial charge >= 0.3 is 0 Å². The number of amides is 1. The third-order valence-electron chi connectivity index (χ3n) is 3.73. The predicted octanol–water partition coefficient (Wildman–Crippen LogP) is 0.657. The number of nitrogen functional groups attached to an aromatic ring is 1. The largest absolute Gasteiger partial charge is 0.396 e. The molecule has 19 heavy (non-hydrogen) atoms. The number of carbonyl (C=O) groups is 1. The van der Waals surface area contributed by atoms with Crippen LogP contribution < -0.4 is 16.8 Å². The Morgan fingerprint density at radius 2 is 2.26 bits per heavy atom. The number of aromatic nitrogens is 1. The van der Waals surface area contributed by atoms with E-state index in [0.29, 0.717) is 23.6 Å². The first-order valence-corrected chi connectivity index (χ1v) is 6.50. The number of hydrogen-bond acceptors (Lipinski definition) is 5. The van der Waals surface area contributed by atoms with Crippen molar-refractivity contribution >= 4 is 17.4 Å². The SMILES string of the molecule is CC1CC(Nc2nc(C(N)=O)ccc2N)CCN1C. The summed E-state index contributed by atoms with van der Waals surface area (Å²) >= 11 is 0. The van der Waals surface area contributed by atoms with E-state index in [4.69, 9.17) is 11.5 Å². The maximum absolute atomic E-state index is 11.1. The van der Waals surface area contributed by atoms with Crippen molar-refractivity contribution in [3.8, 4) is 0 Å². The third-order valence-corrected chi connectivity index (χ3v) is 3.73. The monoisotopic (exact) mass is 263 g/mol. The van der Waals surface area contributed by atoms with E-state index in [9.17, 15) is 4.79 Å². The zero-order valence-electron chi connectivity index (χ0n) is 11.4. The van der Waals surface area contributed by atoms with Crippen LogP contribution in [0.25, 0.3) is 0 Å². The normalized spacial score (nSPS) is 24.1. The lowest BCUT2D eigenvalue weighted by Gasteiger charge is -2.35. The number of anilines is 2. The summed E-state index contributed by atoms with van der Waals surface area (Å²) in [5.41, 5.74) is 11.9. The van der Waals surface area contributed by atoms with Crippen LogP contribution in [0.4, 0.5) is 11.5 Å². The molecule has 1 aromatic rings. The van der Waals surface area contributed by atoms with Crippen LogP contribution in [-0.4, -0.2) is 41.5 Å². The van der Waals surface area contributed by atoms with Crippen LogP contribution in [0.15, 0.2) is 12.1 Å². The molecule has 1 amide bonds. The summed E-state index contributed by atoms with van der Waals surface area (Å²) < 4.78 is 0. The van der Waals surface area contributed by atoms with Crippen molar-refractivity contribution in [3.63, 3.8) is 0 Å². The highest BCUT2D eigenvalue weighted by molar-refractivity contribution is 5.91. The predicted molar refractivity (Wildman–Crippen MR) is 75.9 cm³/mol. The van der Waals surface area contributed by atoms with Crippen molar-refractivity contribution < 1.29 is 4.79 Å². The highest BCUT2D eigenvalue weighted by Crippen LogP contribution is 2.22. The lowest BCUT2D eigenvalue weighted by atomic mass is 9.99. The first kappa shape index (κ1) is 13.6. The number of primary amides is 1. The quantitative estimate of drug-likeness (QED) is 0.744. The number of pyridine rings is 1. The first-order chi connectivity index (χ1) is 8.97. The van der Waals surface area contributed by atoms with Gasteiger partial charge in [-0.25, -0.2) is 4.98 Å². The van der Waals surface area contributed by atoms with Gasteiger partial charge in [-0.15, -0.1) is 0 Å². The summed E-state index contributed by atoms with van der Waals surface area (Å²) in [6.07, 6.45) is 2.06.